The molecule has 0 fully saturated rings. The number of ether oxygens (including phenoxy) is 1. The lowest BCUT2D eigenvalue weighted by molar-refractivity contribution is -0.123. The fourth-order valence-corrected chi connectivity index (χ4v) is 3.76. The van der Waals surface area contributed by atoms with Gasteiger partial charge in [0.2, 0.25) is 0 Å². The van der Waals surface area contributed by atoms with Crippen molar-refractivity contribution in [2.24, 2.45) is 11.7 Å². The number of aryl methyl sites for hydroxylation is 1. The number of nitrogens with two attached hydrogens (primary N) is 1. The molecule has 3 aromatic rings. The molecule has 0 aliphatic carbocycles. The van der Waals surface area contributed by atoms with Gasteiger partial charge >= 0.3 is 0 Å². The number of hydrogen-bond acceptors (Lipinski definition) is 4. The van der Waals surface area contributed by atoms with Gasteiger partial charge in [-0.3, -0.25) is 9.78 Å². The molecule has 1 amide bonds. The van der Waals surface area contributed by atoms with Crippen LogP contribution in [0.2, 0.25) is 0 Å². The molecular weight excluding hydrogens is 386 g/mol. The third-order valence-corrected chi connectivity index (χ3v) is 5.11. The first-order valence-corrected chi connectivity index (χ1v) is 10.9. The summed E-state index contributed by atoms with van der Waals surface area (Å²) in [5, 5.41) is 3.83. The molecule has 0 saturated heterocycles. The number of carbonyl (C=O) groups is 1. The van der Waals surface area contributed by atoms with Crippen LogP contribution < -0.4 is 15.8 Å². The first kappa shape index (κ1) is 22.8. The summed E-state index contributed by atoms with van der Waals surface area (Å²) in [4.78, 5) is 16.9. The largest absolute Gasteiger partial charge is 0.484 e. The standard InChI is InChI=1S/C26H33N3O2/c1-16(2)12-24-22(14-27)26(19-8-6-18(5)7-9-19)21-13-20(10-11-23(21)29-24)31-15-25(30)28-17(3)4/h6-11,13,16-17H,12,14-15,27H2,1-5H3,(H,28,30). The second-order valence-corrected chi connectivity index (χ2v) is 8.77. The maximum absolute atomic E-state index is 12.0. The second kappa shape index (κ2) is 9.92. The lowest BCUT2D eigenvalue weighted by atomic mass is 9.91. The highest BCUT2D eigenvalue weighted by Crippen LogP contribution is 2.35. The molecule has 3 N–H and O–H groups in total. The number of fused-ring (bicyclic) bond motifs is 1. The molecule has 1 aromatic heterocycles. The van der Waals surface area contributed by atoms with Crippen molar-refractivity contribution in [1.29, 1.82) is 0 Å². The predicted octanol–water partition coefficient (Wildman–Crippen LogP) is 4.77. The van der Waals surface area contributed by atoms with E-state index in [2.05, 4.69) is 50.4 Å². The van der Waals surface area contributed by atoms with Crippen molar-refractivity contribution >= 4 is 16.8 Å². The number of carbonyl (C=O) groups excluding carboxylic acids is 1. The summed E-state index contributed by atoms with van der Waals surface area (Å²) < 4.78 is 5.78. The molecule has 0 saturated carbocycles. The van der Waals surface area contributed by atoms with Crippen LogP contribution in [0.5, 0.6) is 5.75 Å². The first-order chi connectivity index (χ1) is 14.8. The molecule has 0 aliphatic heterocycles. The minimum absolute atomic E-state index is 0.0217. The summed E-state index contributed by atoms with van der Waals surface area (Å²) in [5.41, 5.74) is 12.7. The van der Waals surface area contributed by atoms with Crippen molar-refractivity contribution in [3.63, 3.8) is 0 Å². The minimum Gasteiger partial charge on any atom is -0.484 e. The minimum atomic E-state index is -0.137. The first-order valence-electron chi connectivity index (χ1n) is 10.9. The smallest absolute Gasteiger partial charge is 0.258 e. The van der Waals surface area contributed by atoms with Crippen LogP contribution in [0.15, 0.2) is 42.5 Å². The number of rotatable bonds is 8. The van der Waals surface area contributed by atoms with Gasteiger partial charge in [0.05, 0.1) is 5.52 Å². The zero-order valence-corrected chi connectivity index (χ0v) is 19.2. The predicted molar refractivity (Wildman–Crippen MR) is 127 cm³/mol. The van der Waals surface area contributed by atoms with Crippen LogP contribution in [0.25, 0.3) is 22.0 Å². The average molecular weight is 420 g/mol. The van der Waals surface area contributed by atoms with Crippen LogP contribution in [0, 0.1) is 12.8 Å². The van der Waals surface area contributed by atoms with Crippen LogP contribution in [0.1, 0.15) is 44.5 Å². The summed E-state index contributed by atoms with van der Waals surface area (Å²) in [5.74, 6) is 0.978. The Morgan fingerprint density at radius 2 is 1.81 bits per heavy atom. The fraction of sp³-hybridized carbons (Fsp3) is 0.385. The Labute approximate surface area is 185 Å². The van der Waals surface area contributed by atoms with Gasteiger partial charge in [0.25, 0.3) is 5.91 Å². The number of nitrogens with zero attached hydrogens (tertiary/aromatic N) is 1. The Balaban J connectivity index is 2.11. The van der Waals surface area contributed by atoms with Gasteiger partial charge in [-0.2, -0.15) is 0 Å². The SMILES string of the molecule is Cc1ccc(-c2c(CN)c(CC(C)C)nc3ccc(OCC(=O)NC(C)C)cc23)cc1. The van der Waals surface area contributed by atoms with Gasteiger partial charge in [-0.05, 0) is 68.0 Å². The van der Waals surface area contributed by atoms with Crippen molar-refractivity contribution in [3.8, 4) is 16.9 Å². The monoisotopic (exact) mass is 419 g/mol. The summed E-state index contributed by atoms with van der Waals surface area (Å²) in [6, 6.07) is 14.4. The summed E-state index contributed by atoms with van der Waals surface area (Å²) in [7, 11) is 0. The van der Waals surface area contributed by atoms with Crippen LogP contribution in [0.3, 0.4) is 0 Å². The van der Waals surface area contributed by atoms with Crippen LogP contribution in [-0.2, 0) is 17.8 Å². The molecule has 2 aromatic carbocycles. The van der Waals surface area contributed by atoms with Crippen molar-refractivity contribution in [2.75, 3.05) is 6.61 Å². The highest BCUT2D eigenvalue weighted by atomic mass is 16.5. The number of hydrogen-bond donors (Lipinski definition) is 2. The molecule has 5 heteroatoms. The van der Waals surface area contributed by atoms with E-state index in [0.717, 1.165) is 39.7 Å². The Hall–Kier alpha value is -2.92. The van der Waals surface area contributed by atoms with Gasteiger partial charge < -0.3 is 15.8 Å². The van der Waals surface area contributed by atoms with Gasteiger partial charge in [-0.1, -0.05) is 43.7 Å². The van der Waals surface area contributed by atoms with E-state index in [4.69, 9.17) is 15.5 Å². The van der Waals surface area contributed by atoms with Gasteiger partial charge in [-0.15, -0.1) is 0 Å². The molecule has 0 aliphatic rings. The number of aromatic nitrogens is 1. The molecule has 0 bridgehead atoms. The fourth-order valence-electron chi connectivity index (χ4n) is 3.76. The van der Waals surface area contributed by atoms with E-state index in [0.29, 0.717) is 18.2 Å². The molecule has 0 radical (unpaired) electrons. The van der Waals surface area contributed by atoms with E-state index in [1.54, 1.807) is 0 Å². The van der Waals surface area contributed by atoms with Gasteiger partial charge in [-0.25, -0.2) is 0 Å². The van der Waals surface area contributed by atoms with E-state index in [-0.39, 0.29) is 18.6 Å². The molecule has 0 atom stereocenters. The topological polar surface area (TPSA) is 77.2 Å². The van der Waals surface area contributed by atoms with Crippen molar-refractivity contribution in [1.82, 2.24) is 10.3 Å². The van der Waals surface area contributed by atoms with E-state index in [1.807, 2.05) is 32.0 Å². The number of nitrogens with one attached hydrogen (secondary N) is 1. The van der Waals surface area contributed by atoms with E-state index in [1.165, 1.54) is 5.56 Å². The van der Waals surface area contributed by atoms with E-state index >= 15 is 0 Å². The highest BCUT2D eigenvalue weighted by molar-refractivity contribution is 5.97. The second-order valence-electron chi connectivity index (χ2n) is 8.77. The highest BCUT2D eigenvalue weighted by Gasteiger charge is 2.17. The average Bonchev–Trinajstić information content (AvgIpc) is 2.71. The Morgan fingerprint density at radius 1 is 1.10 bits per heavy atom. The van der Waals surface area contributed by atoms with Gasteiger partial charge in [0.15, 0.2) is 6.61 Å². The molecule has 31 heavy (non-hydrogen) atoms. The van der Waals surface area contributed by atoms with Crippen molar-refractivity contribution < 1.29 is 9.53 Å². The molecule has 164 valence electrons. The Morgan fingerprint density at radius 3 is 2.42 bits per heavy atom. The van der Waals surface area contributed by atoms with Gasteiger partial charge in [0.1, 0.15) is 5.75 Å². The van der Waals surface area contributed by atoms with Crippen LogP contribution in [0.4, 0.5) is 0 Å². The van der Waals surface area contributed by atoms with E-state index < -0.39 is 0 Å². The summed E-state index contributed by atoms with van der Waals surface area (Å²) in [6.45, 7) is 10.7. The molecular formula is C26H33N3O2. The third kappa shape index (κ3) is 5.61. The quantitative estimate of drug-likeness (QED) is 0.551. The Kier molecular flexibility index (Phi) is 7.29. The number of pyridine rings is 1. The lowest BCUT2D eigenvalue weighted by Gasteiger charge is -2.19. The van der Waals surface area contributed by atoms with Gasteiger partial charge in [0, 0.05) is 23.7 Å². The molecule has 1 heterocycles. The summed E-state index contributed by atoms with van der Waals surface area (Å²) in [6.07, 6.45) is 0.870. The lowest BCUT2D eigenvalue weighted by Crippen LogP contribution is -2.34. The normalized spacial score (nSPS) is 11.4. The maximum atomic E-state index is 12.0. The molecule has 5 nitrogen and oxygen atoms in total. The van der Waals surface area contributed by atoms with Crippen LogP contribution in [-0.4, -0.2) is 23.5 Å². The van der Waals surface area contributed by atoms with E-state index in [9.17, 15) is 4.79 Å². The zero-order valence-electron chi connectivity index (χ0n) is 19.2. The van der Waals surface area contributed by atoms with Crippen molar-refractivity contribution in [3.05, 3.63) is 59.3 Å². The Bertz CT molecular complexity index is 1060. The molecule has 3 rings (SSSR count). The summed E-state index contributed by atoms with van der Waals surface area (Å²) >= 11 is 0. The third-order valence-electron chi connectivity index (χ3n) is 5.11. The molecule has 0 unspecified atom stereocenters. The number of benzene rings is 2. The maximum Gasteiger partial charge on any atom is 0.258 e. The zero-order chi connectivity index (χ0) is 22.5. The number of amides is 1. The van der Waals surface area contributed by atoms with Crippen LogP contribution >= 0.6 is 0 Å². The molecule has 0 spiro atoms. The van der Waals surface area contributed by atoms with Crippen molar-refractivity contribution in [2.45, 2.75) is 53.6 Å².